The second-order valence-corrected chi connectivity index (χ2v) is 7.85. The van der Waals surface area contributed by atoms with E-state index in [1.807, 2.05) is 13.0 Å². The number of aryl methyl sites for hydroxylation is 1. The van der Waals surface area contributed by atoms with E-state index >= 15 is 0 Å². The zero-order valence-corrected chi connectivity index (χ0v) is 17.5. The van der Waals surface area contributed by atoms with Gasteiger partial charge in [0.2, 0.25) is 5.75 Å². The average Bonchev–Trinajstić information content (AvgIpc) is 3.26. The molecule has 4 aromatic rings. The van der Waals surface area contributed by atoms with Gasteiger partial charge in [-0.3, -0.25) is 9.20 Å². The molecule has 0 saturated carbocycles. The molecule has 5 rings (SSSR count). The van der Waals surface area contributed by atoms with Crippen molar-refractivity contribution in [3.05, 3.63) is 75.7 Å². The van der Waals surface area contributed by atoms with Crippen molar-refractivity contribution in [2.45, 2.75) is 13.3 Å². The number of morpholine rings is 1. The largest absolute Gasteiger partial charge is 0.501 e. The number of aromatic nitrogens is 4. The molecule has 0 spiro atoms. The Morgan fingerprint density at radius 1 is 1.22 bits per heavy atom. The van der Waals surface area contributed by atoms with Gasteiger partial charge in [-0.1, -0.05) is 12.1 Å². The van der Waals surface area contributed by atoms with E-state index in [0.717, 1.165) is 35.6 Å². The second kappa shape index (κ2) is 8.08. The molecule has 0 amide bonds. The predicted octanol–water partition coefficient (Wildman–Crippen LogP) is 2.67. The molecule has 9 heteroatoms. The van der Waals surface area contributed by atoms with Crippen LogP contribution in [0.5, 0.6) is 5.75 Å². The minimum atomic E-state index is -0.556. The number of aromatic hydroxyl groups is 1. The lowest BCUT2D eigenvalue weighted by Crippen LogP contribution is -2.36. The first-order valence-electron chi connectivity index (χ1n) is 10.4. The topological polar surface area (TPSA) is 95.8 Å². The summed E-state index contributed by atoms with van der Waals surface area (Å²) in [4.78, 5) is 27.1. The van der Waals surface area contributed by atoms with E-state index in [1.165, 1.54) is 16.5 Å². The third kappa shape index (κ3) is 3.71. The summed E-state index contributed by atoms with van der Waals surface area (Å²) in [5.74, 6) is -0.462. The summed E-state index contributed by atoms with van der Waals surface area (Å²) in [5.41, 5.74) is 3.36. The van der Waals surface area contributed by atoms with Gasteiger partial charge in [-0.2, -0.15) is 0 Å². The van der Waals surface area contributed by atoms with Crippen LogP contribution in [0, 0.1) is 12.7 Å². The molecular formula is C23H22FN5O3. The summed E-state index contributed by atoms with van der Waals surface area (Å²) in [6.07, 6.45) is 3.83. The van der Waals surface area contributed by atoms with E-state index in [9.17, 15) is 14.3 Å². The van der Waals surface area contributed by atoms with Crippen LogP contribution < -0.4 is 10.5 Å². The minimum Gasteiger partial charge on any atom is -0.501 e. The van der Waals surface area contributed by atoms with Crippen LogP contribution in [0.4, 0.5) is 10.1 Å². The number of ether oxygens (including phenoxy) is 1. The van der Waals surface area contributed by atoms with Gasteiger partial charge in [0.05, 0.1) is 18.9 Å². The van der Waals surface area contributed by atoms with Gasteiger partial charge >= 0.3 is 5.56 Å². The van der Waals surface area contributed by atoms with E-state index in [1.54, 1.807) is 24.5 Å². The number of imidazole rings is 1. The fraction of sp³-hybridized carbons (Fsp3) is 0.261. The molecule has 0 atom stereocenters. The standard InChI is InChI=1S/C23H22FN5O3/c1-14-10-18(28-6-8-32-9-7-28)13-29-22(14)27-19(20(30)23(29)31)21-25-12-17(26-21)11-15-2-4-16(24)5-3-15/h2-5,10,12-13,30H,6-9,11H2,1H3,(H,25,26). The highest BCUT2D eigenvalue weighted by Gasteiger charge is 2.20. The lowest BCUT2D eigenvalue weighted by atomic mass is 10.1. The van der Waals surface area contributed by atoms with Crippen molar-refractivity contribution >= 4 is 11.3 Å². The molecule has 1 aliphatic rings. The van der Waals surface area contributed by atoms with E-state index in [-0.39, 0.29) is 11.5 Å². The third-order valence-corrected chi connectivity index (χ3v) is 5.61. The second-order valence-electron chi connectivity index (χ2n) is 7.85. The van der Waals surface area contributed by atoms with Crippen LogP contribution in [0.3, 0.4) is 0 Å². The summed E-state index contributed by atoms with van der Waals surface area (Å²) in [6.45, 7) is 4.62. The van der Waals surface area contributed by atoms with Crippen LogP contribution in [0.25, 0.3) is 17.2 Å². The number of halogens is 1. The SMILES string of the molecule is Cc1cc(N2CCOCC2)cn2c(=O)c(O)c(-c3ncc(Cc4ccc(F)cc4)[nH]3)nc12. The lowest BCUT2D eigenvalue weighted by molar-refractivity contribution is 0.122. The summed E-state index contributed by atoms with van der Waals surface area (Å²) < 4.78 is 19.9. The number of anilines is 1. The lowest BCUT2D eigenvalue weighted by Gasteiger charge is -2.29. The van der Waals surface area contributed by atoms with Crippen molar-refractivity contribution in [2.75, 3.05) is 31.2 Å². The van der Waals surface area contributed by atoms with Gasteiger partial charge in [-0.25, -0.2) is 14.4 Å². The fourth-order valence-corrected chi connectivity index (χ4v) is 3.93. The Morgan fingerprint density at radius 2 is 1.97 bits per heavy atom. The zero-order chi connectivity index (χ0) is 22.2. The molecular weight excluding hydrogens is 413 g/mol. The van der Waals surface area contributed by atoms with Crippen molar-refractivity contribution < 1.29 is 14.2 Å². The molecule has 0 bridgehead atoms. The van der Waals surface area contributed by atoms with Crippen LogP contribution in [0.2, 0.25) is 0 Å². The Kier molecular flexibility index (Phi) is 5.10. The summed E-state index contributed by atoms with van der Waals surface area (Å²) in [5, 5.41) is 10.6. The monoisotopic (exact) mass is 435 g/mol. The summed E-state index contributed by atoms with van der Waals surface area (Å²) in [7, 11) is 0. The number of fused-ring (bicyclic) bond motifs is 1. The molecule has 8 nitrogen and oxygen atoms in total. The number of aromatic amines is 1. The van der Waals surface area contributed by atoms with Crippen molar-refractivity contribution in [1.29, 1.82) is 0 Å². The zero-order valence-electron chi connectivity index (χ0n) is 17.5. The van der Waals surface area contributed by atoms with Crippen LogP contribution in [0.15, 0.2) is 47.5 Å². The Bertz CT molecular complexity index is 1340. The molecule has 1 fully saturated rings. The van der Waals surface area contributed by atoms with E-state index in [4.69, 9.17) is 4.74 Å². The Hall–Kier alpha value is -3.72. The first kappa shape index (κ1) is 20.2. The maximum absolute atomic E-state index is 13.1. The number of nitrogens with zero attached hydrogens (tertiary/aromatic N) is 4. The Balaban J connectivity index is 1.52. The van der Waals surface area contributed by atoms with E-state index in [0.29, 0.717) is 31.1 Å². The number of hydrogen-bond donors (Lipinski definition) is 2. The van der Waals surface area contributed by atoms with Crippen LogP contribution in [-0.4, -0.2) is 50.8 Å². The van der Waals surface area contributed by atoms with Gasteiger partial charge in [0.15, 0.2) is 11.5 Å². The van der Waals surface area contributed by atoms with Gasteiger partial charge in [0.1, 0.15) is 11.5 Å². The highest BCUT2D eigenvalue weighted by molar-refractivity contribution is 5.66. The van der Waals surface area contributed by atoms with Crippen LogP contribution in [-0.2, 0) is 11.2 Å². The number of rotatable bonds is 4. The van der Waals surface area contributed by atoms with Crippen LogP contribution in [0.1, 0.15) is 16.8 Å². The van der Waals surface area contributed by atoms with Gasteiger partial charge in [-0.05, 0) is 36.2 Å². The van der Waals surface area contributed by atoms with Gasteiger partial charge in [0.25, 0.3) is 0 Å². The van der Waals surface area contributed by atoms with Crippen molar-refractivity contribution in [1.82, 2.24) is 19.4 Å². The van der Waals surface area contributed by atoms with Gasteiger partial charge in [-0.15, -0.1) is 0 Å². The molecule has 2 N–H and O–H groups in total. The molecule has 0 radical (unpaired) electrons. The third-order valence-electron chi connectivity index (χ3n) is 5.61. The molecule has 32 heavy (non-hydrogen) atoms. The minimum absolute atomic E-state index is 0.0996. The molecule has 0 unspecified atom stereocenters. The summed E-state index contributed by atoms with van der Waals surface area (Å²) in [6, 6.07) is 8.18. The number of H-pyrrole nitrogens is 1. The summed E-state index contributed by atoms with van der Waals surface area (Å²) >= 11 is 0. The fourth-order valence-electron chi connectivity index (χ4n) is 3.93. The van der Waals surface area contributed by atoms with Gasteiger partial charge < -0.3 is 19.7 Å². The Morgan fingerprint density at radius 3 is 2.72 bits per heavy atom. The number of hydrogen-bond acceptors (Lipinski definition) is 6. The molecule has 0 aliphatic carbocycles. The maximum atomic E-state index is 13.1. The van der Waals surface area contributed by atoms with Crippen molar-refractivity contribution in [3.63, 3.8) is 0 Å². The molecule has 1 aliphatic heterocycles. The highest BCUT2D eigenvalue weighted by Crippen LogP contribution is 2.26. The van der Waals surface area contributed by atoms with Gasteiger partial charge in [0, 0.05) is 37.6 Å². The Labute approximate surface area is 183 Å². The first-order valence-corrected chi connectivity index (χ1v) is 10.4. The maximum Gasteiger partial charge on any atom is 0.300 e. The smallest absolute Gasteiger partial charge is 0.300 e. The molecule has 1 aromatic carbocycles. The number of benzene rings is 1. The van der Waals surface area contributed by atoms with E-state index in [2.05, 4.69) is 19.9 Å². The molecule has 3 aromatic heterocycles. The quantitative estimate of drug-likeness (QED) is 0.512. The predicted molar refractivity (Wildman–Crippen MR) is 118 cm³/mol. The first-order chi connectivity index (χ1) is 15.5. The number of pyridine rings is 1. The van der Waals surface area contributed by atoms with Crippen LogP contribution >= 0.6 is 0 Å². The molecule has 1 saturated heterocycles. The molecule has 4 heterocycles. The average molecular weight is 435 g/mol. The highest BCUT2D eigenvalue weighted by atomic mass is 19.1. The van der Waals surface area contributed by atoms with Crippen molar-refractivity contribution in [2.24, 2.45) is 0 Å². The normalized spacial score (nSPS) is 14.2. The van der Waals surface area contributed by atoms with E-state index < -0.39 is 11.3 Å². The number of nitrogens with one attached hydrogen (secondary N) is 1. The van der Waals surface area contributed by atoms with Crippen molar-refractivity contribution in [3.8, 4) is 17.3 Å². The molecule has 164 valence electrons.